The number of halogens is 1. The molecule has 3 aromatic carbocycles. The third-order valence-electron chi connectivity index (χ3n) is 3.63. The molecule has 23 heavy (non-hydrogen) atoms. The van der Waals surface area contributed by atoms with Gasteiger partial charge in [-0.25, -0.2) is 4.39 Å². The predicted molar refractivity (Wildman–Crippen MR) is 88.6 cm³/mol. The summed E-state index contributed by atoms with van der Waals surface area (Å²) in [6, 6.07) is 24.4. The van der Waals surface area contributed by atoms with Crippen molar-refractivity contribution in [1.82, 2.24) is 5.32 Å². The van der Waals surface area contributed by atoms with Crippen LogP contribution in [0.3, 0.4) is 0 Å². The van der Waals surface area contributed by atoms with E-state index in [4.69, 9.17) is 0 Å². The van der Waals surface area contributed by atoms with E-state index in [2.05, 4.69) is 5.32 Å². The number of carbonyl (C=O) groups excluding carboxylic acids is 1. The Morgan fingerprint density at radius 2 is 1.39 bits per heavy atom. The topological polar surface area (TPSA) is 29.1 Å². The van der Waals surface area contributed by atoms with Gasteiger partial charge in [0.1, 0.15) is 5.82 Å². The molecule has 114 valence electrons. The molecule has 2 nitrogen and oxygen atoms in total. The lowest BCUT2D eigenvalue weighted by molar-refractivity contribution is 0.0943. The minimum absolute atomic E-state index is 0.191. The van der Waals surface area contributed by atoms with Gasteiger partial charge in [0.05, 0.1) is 6.04 Å². The maximum atomic E-state index is 13.6. The first-order valence-electron chi connectivity index (χ1n) is 7.40. The molecule has 3 heteroatoms. The number of carbonyl (C=O) groups is 1. The van der Waals surface area contributed by atoms with E-state index < -0.39 is 6.04 Å². The quantitative estimate of drug-likeness (QED) is 0.763. The number of amides is 1. The van der Waals surface area contributed by atoms with Crippen molar-refractivity contribution in [3.05, 3.63) is 107 Å². The fourth-order valence-corrected chi connectivity index (χ4v) is 2.49. The molecule has 3 aromatic rings. The van der Waals surface area contributed by atoms with Crippen LogP contribution in [0.25, 0.3) is 0 Å². The summed E-state index contributed by atoms with van der Waals surface area (Å²) < 4.78 is 13.6. The van der Waals surface area contributed by atoms with Crippen LogP contribution < -0.4 is 5.32 Å². The lowest BCUT2D eigenvalue weighted by atomic mass is 9.98. The first-order chi connectivity index (χ1) is 11.2. The normalized spacial score (nSPS) is 11.7. The van der Waals surface area contributed by atoms with E-state index in [0.717, 1.165) is 5.56 Å². The van der Waals surface area contributed by atoms with E-state index >= 15 is 0 Å². The van der Waals surface area contributed by atoms with Gasteiger partial charge < -0.3 is 5.32 Å². The molecular weight excluding hydrogens is 289 g/mol. The summed E-state index contributed by atoms with van der Waals surface area (Å²) >= 11 is 0. The number of hydrogen-bond donors (Lipinski definition) is 1. The van der Waals surface area contributed by atoms with Gasteiger partial charge in [-0.2, -0.15) is 0 Å². The average molecular weight is 305 g/mol. The standard InChI is InChI=1S/C20H16FNO/c21-18-13-7-12-17(14-18)19(15-8-3-1-4-9-15)22-20(23)16-10-5-2-6-11-16/h1-14,19H,(H,22,23). The summed E-state index contributed by atoms with van der Waals surface area (Å²) in [5.74, 6) is -0.513. The molecule has 0 radical (unpaired) electrons. The molecule has 0 heterocycles. The van der Waals surface area contributed by atoms with Crippen molar-refractivity contribution >= 4 is 5.91 Å². The molecule has 0 saturated heterocycles. The van der Waals surface area contributed by atoms with Gasteiger partial charge in [0.25, 0.3) is 5.91 Å². The second-order valence-corrected chi connectivity index (χ2v) is 5.24. The van der Waals surface area contributed by atoms with Crippen LogP contribution in [-0.4, -0.2) is 5.91 Å². The van der Waals surface area contributed by atoms with E-state index in [-0.39, 0.29) is 11.7 Å². The average Bonchev–Trinajstić information content (AvgIpc) is 2.61. The molecule has 1 N–H and O–H groups in total. The molecule has 0 aliphatic carbocycles. The van der Waals surface area contributed by atoms with Gasteiger partial charge >= 0.3 is 0 Å². The van der Waals surface area contributed by atoms with Crippen LogP contribution in [0.15, 0.2) is 84.9 Å². The molecule has 0 aliphatic heterocycles. The molecule has 0 bridgehead atoms. The van der Waals surface area contributed by atoms with Gasteiger partial charge in [0.2, 0.25) is 0 Å². The third-order valence-corrected chi connectivity index (χ3v) is 3.63. The van der Waals surface area contributed by atoms with Crippen molar-refractivity contribution in [2.24, 2.45) is 0 Å². The lowest BCUT2D eigenvalue weighted by Crippen LogP contribution is -2.29. The minimum atomic E-state index is -0.403. The summed E-state index contributed by atoms with van der Waals surface area (Å²) in [7, 11) is 0. The summed E-state index contributed by atoms with van der Waals surface area (Å²) in [4.78, 5) is 12.5. The highest BCUT2D eigenvalue weighted by Crippen LogP contribution is 2.23. The van der Waals surface area contributed by atoms with Gasteiger partial charge in [-0.3, -0.25) is 4.79 Å². The number of nitrogens with one attached hydrogen (secondary N) is 1. The third kappa shape index (κ3) is 3.64. The van der Waals surface area contributed by atoms with Crippen LogP contribution in [-0.2, 0) is 0 Å². The van der Waals surface area contributed by atoms with Crippen molar-refractivity contribution in [3.8, 4) is 0 Å². The molecule has 1 unspecified atom stereocenters. The van der Waals surface area contributed by atoms with Gasteiger partial charge in [-0.1, -0.05) is 60.7 Å². The van der Waals surface area contributed by atoms with Crippen LogP contribution in [0, 0.1) is 5.82 Å². The maximum absolute atomic E-state index is 13.6. The Labute approximate surface area is 134 Å². The molecule has 0 spiro atoms. The molecular formula is C20H16FNO. The molecule has 0 fully saturated rings. The molecule has 1 atom stereocenters. The Hall–Kier alpha value is -2.94. The number of rotatable bonds is 4. The summed E-state index contributed by atoms with van der Waals surface area (Å²) in [5, 5.41) is 2.99. The number of hydrogen-bond acceptors (Lipinski definition) is 1. The Balaban J connectivity index is 1.94. The zero-order valence-electron chi connectivity index (χ0n) is 12.4. The predicted octanol–water partition coefficient (Wildman–Crippen LogP) is 4.35. The largest absolute Gasteiger partial charge is 0.341 e. The molecule has 1 amide bonds. The highest BCUT2D eigenvalue weighted by atomic mass is 19.1. The Morgan fingerprint density at radius 3 is 2.04 bits per heavy atom. The van der Waals surface area contributed by atoms with Crippen molar-refractivity contribution in [3.63, 3.8) is 0 Å². The second kappa shape index (κ2) is 6.88. The first kappa shape index (κ1) is 15.0. The molecule has 0 aromatic heterocycles. The second-order valence-electron chi connectivity index (χ2n) is 5.24. The van der Waals surface area contributed by atoms with E-state index in [1.165, 1.54) is 12.1 Å². The number of benzene rings is 3. The molecule has 0 saturated carbocycles. The lowest BCUT2D eigenvalue weighted by Gasteiger charge is -2.20. The van der Waals surface area contributed by atoms with Crippen LogP contribution in [0.4, 0.5) is 4.39 Å². The van der Waals surface area contributed by atoms with Crippen LogP contribution in [0.2, 0.25) is 0 Å². The Morgan fingerprint density at radius 1 is 0.783 bits per heavy atom. The molecule has 0 aliphatic rings. The zero-order chi connectivity index (χ0) is 16.1. The SMILES string of the molecule is O=C(NC(c1ccccc1)c1cccc(F)c1)c1ccccc1. The fraction of sp³-hybridized carbons (Fsp3) is 0.0500. The van der Waals surface area contributed by atoms with Gasteiger partial charge in [-0.15, -0.1) is 0 Å². The van der Waals surface area contributed by atoms with E-state index in [1.807, 2.05) is 54.6 Å². The fourth-order valence-electron chi connectivity index (χ4n) is 2.49. The smallest absolute Gasteiger partial charge is 0.252 e. The van der Waals surface area contributed by atoms with Crippen LogP contribution >= 0.6 is 0 Å². The summed E-state index contributed by atoms with van der Waals surface area (Å²) in [5.41, 5.74) is 2.19. The highest BCUT2D eigenvalue weighted by molar-refractivity contribution is 5.94. The first-order valence-corrected chi connectivity index (χ1v) is 7.40. The summed E-state index contributed by atoms with van der Waals surface area (Å²) in [6.45, 7) is 0. The molecule has 3 rings (SSSR count). The van der Waals surface area contributed by atoms with Gasteiger partial charge in [-0.05, 0) is 35.4 Å². The zero-order valence-corrected chi connectivity index (χ0v) is 12.4. The van der Waals surface area contributed by atoms with Crippen molar-refractivity contribution in [2.45, 2.75) is 6.04 Å². The Kier molecular flexibility index (Phi) is 4.48. The van der Waals surface area contributed by atoms with Crippen molar-refractivity contribution in [2.75, 3.05) is 0 Å². The highest BCUT2D eigenvalue weighted by Gasteiger charge is 2.18. The Bertz CT molecular complexity index is 787. The summed E-state index contributed by atoms with van der Waals surface area (Å²) in [6.07, 6.45) is 0. The van der Waals surface area contributed by atoms with Gasteiger partial charge in [0, 0.05) is 5.56 Å². The van der Waals surface area contributed by atoms with Crippen LogP contribution in [0.1, 0.15) is 27.5 Å². The van der Waals surface area contributed by atoms with E-state index in [1.54, 1.807) is 18.2 Å². The van der Waals surface area contributed by atoms with E-state index in [9.17, 15) is 9.18 Å². The maximum Gasteiger partial charge on any atom is 0.252 e. The van der Waals surface area contributed by atoms with Crippen LogP contribution in [0.5, 0.6) is 0 Å². The monoisotopic (exact) mass is 305 g/mol. The van der Waals surface area contributed by atoms with E-state index in [0.29, 0.717) is 11.1 Å². The minimum Gasteiger partial charge on any atom is -0.341 e. The van der Waals surface area contributed by atoms with Crippen molar-refractivity contribution in [1.29, 1.82) is 0 Å². The van der Waals surface area contributed by atoms with Crippen molar-refractivity contribution < 1.29 is 9.18 Å². The van der Waals surface area contributed by atoms with Gasteiger partial charge in [0.15, 0.2) is 0 Å².